The maximum Gasteiger partial charge on any atom is 0.255 e. The Bertz CT molecular complexity index is 632. The van der Waals surface area contributed by atoms with Gasteiger partial charge >= 0.3 is 0 Å². The van der Waals surface area contributed by atoms with Crippen molar-refractivity contribution in [3.05, 3.63) is 40.8 Å². The van der Waals surface area contributed by atoms with E-state index in [2.05, 4.69) is 20.7 Å². The van der Waals surface area contributed by atoms with Crippen LogP contribution < -0.4 is 10.6 Å². The maximum absolute atomic E-state index is 12.2. The first-order valence-corrected chi connectivity index (χ1v) is 6.44. The predicted octanol–water partition coefficient (Wildman–Crippen LogP) is 1.40. The molecule has 0 saturated carbocycles. The van der Waals surface area contributed by atoms with Gasteiger partial charge in [-0.15, -0.1) is 0 Å². The highest BCUT2D eigenvalue weighted by Gasteiger charge is 2.14. The fraction of sp³-hybridized carbons (Fsp3) is 0.357. The zero-order valence-electron chi connectivity index (χ0n) is 12.2. The number of amides is 1. The Morgan fingerprint density at radius 3 is 2.75 bits per heavy atom. The van der Waals surface area contributed by atoms with Crippen molar-refractivity contribution in [2.75, 3.05) is 12.4 Å². The summed E-state index contributed by atoms with van der Waals surface area (Å²) < 4.78 is 1.82. The van der Waals surface area contributed by atoms with Crippen molar-refractivity contribution < 1.29 is 4.79 Å². The third-order valence-electron chi connectivity index (χ3n) is 3.37. The Morgan fingerprint density at radius 1 is 1.40 bits per heavy atom. The van der Waals surface area contributed by atoms with Gasteiger partial charge in [0, 0.05) is 38.1 Å². The van der Waals surface area contributed by atoms with Gasteiger partial charge in [-0.25, -0.2) is 4.98 Å². The largest absolute Gasteiger partial charge is 0.372 e. The summed E-state index contributed by atoms with van der Waals surface area (Å²) in [7, 11) is 3.64. The second-order valence-electron chi connectivity index (χ2n) is 4.61. The van der Waals surface area contributed by atoms with E-state index >= 15 is 0 Å². The fourth-order valence-electron chi connectivity index (χ4n) is 2.12. The Labute approximate surface area is 118 Å². The quantitative estimate of drug-likeness (QED) is 0.883. The third kappa shape index (κ3) is 2.64. The summed E-state index contributed by atoms with van der Waals surface area (Å²) in [5.74, 6) is 0.426. The second-order valence-corrected chi connectivity index (χ2v) is 4.61. The van der Waals surface area contributed by atoms with Crippen molar-refractivity contribution >= 4 is 11.7 Å². The van der Waals surface area contributed by atoms with Crippen molar-refractivity contribution in [2.24, 2.45) is 7.05 Å². The number of rotatable bonds is 4. The number of hydrogen-bond acceptors (Lipinski definition) is 4. The molecule has 2 heterocycles. The minimum Gasteiger partial charge on any atom is -0.372 e. The van der Waals surface area contributed by atoms with E-state index in [0.717, 1.165) is 17.0 Å². The van der Waals surface area contributed by atoms with E-state index in [1.165, 1.54) is 0 Å². The highest BCUT2D eigenvalue weighted by Crippen LogP contribution is 2.13. The molecule has 0 fully saturated rings. The van der Waals surface area contributed by atoms with Crippen LogP contribution in [0.5, 0.6) is 0 Å². The lowest BCUT2D eigenvalue weighted by atomic mass is 10.2. The van der Waals surface area contributed by atoms with Gasteiger partial charge in [0.05, 0.1) is 11.3 Å². The molecule has 0 unspecified atom stereocenters. The number of nitrogens with zero attached hydrogens (tertiary/aromatic N) is 3. The van der Waals surface area contributed by atoms with Crippen LogP contribution in [0, 0.1) is 13.8 Å². The number of aromatic nitrogens is 3. The van der Waals surface area contributed by atoms with Crippen molar-refractivity contribution in [1.82, 2.24) is 20.1 Å². The molecule has 0 aromatic carbocycles. The molecule has 0 radical (unpaired) electrons. The first-order valence-electron chi connectivity index (χ1n) is 6.44. The second kappa shape index (κ2) is 5.73. The summed E-state index contributed by atoms with van der Waals surface area (Å²) in [6.45, 7) is 4.39. The summed E-state index contributed by atoms with van der Waals surface area (Å²) in [4.78, 5) is 16.3. The number of carbonyl (C=O) groups is 1. The fourth-order valence-corrected chi connectivity index (χ4v) is 2.12. The van der Waals surface area contributed by atoms with E-state index < -0.39 is 0 Å². The summed E-state index contributed by atoms with van der Waals surface area (Å²) >= 11 is 0. The van der Waals surface area contributed by atoms with E-state index in [9.17, 15) is 4.79 Å². The average Bonchev–Trinajstić information content (AvgIpc) is 2.70. The molecular formula is C14H19N5O. The maximum atomic E-state index is 12.2. The number of pyridine rings is 1. The van der Waals surface area contributed by atoms with Gasteiger partial charge in [0.15, 0.2) is 0 Å². The lowest BCUT2D eigenvalue weighted by Gasteiger charge is -2.09. The van der Waals surface area contributed by atoms with Crippen LogP contribution >= 0.6 is 0 Å². The molecule has 0 spiro atoms. The van der Waals surface area contributed by atoms with Gasteiger partial charge in [0.2, 0.25) is 0 Å². The molecule has 0 aliphatic heterocycles. The predicted molar refractivity (Wildman–Crippen MR) is 77.6 cm³/mol. The van der Waals surface area contributed by atoms with Crippen molar-refractivity contribution in [1.29, 1.82) is 0 Å². The van der Waals surface area contributed by atoms with Gasteiger partial charge in [0.1, 0.15) is 5.82 Å². The number of anilines is 1. The highest BCUT2D eigenvalue weighted by molar-refractivity contribution is 5.98. The minimum absolute atomic E-state index is 0.148. The summed E-state index contributed by atoms with van der Waals surface area (Å²) in [6.07, 6.45) is 1.65. The van der Waals surface area contributed by atoms with Crippen molar-refractivity contribution in [2.45, 2.75) is 20.4 Å². The van der Waals surface area contributed by atoms with Crippen LogP contribution in [0.3, 0.4) is 0 Å². The molecule has 0 atom stereocenters. The van der Waals surface area contributed by atoms with E-state index in [1.807, 2.05) is 25.6 Å². The average molecular weight is 273 g/mol. The van der Waals surface area contributed by atoms with E-state index in [1.54, 1.807) is 25.4 Å². The number of hydrogen-bond donors (Lipinski definition) is 2. The van der Waals surface area contributed by atoms with Gasteiger partial charge in [-0.05, 0) is 26.0 Å². The first kappa shape index (κ1) is 14.0. The Morgan fingerprint density at radius 2 is 2.15 bits per heavy atom. The normalized spacial score (nSPS) is 10.4. The highest BCUT2D eigenvalue weighted by atomic mass is 16.1. The van der Waals surface area contributed by atoms with Gasteiger partial charge in [-0.2, -0.15) is 5.10 Å². The van der Waals surface area contributed by atoms with Crippen LogP contribution in [-0.2, 0) is 13.6 Å². The zero-order valence-corrected chi connectivity index (χ0v) is 12.2. The monoisotopic (exact) mass is 273 g/mol. The molecule has 2 aromatic heterocycles. The molecule has 0 aliphatic carbocycles. The number of nitrogens with one attached hydrogen (secondary N) is 2. The SMILES string of the molecule is CNc1ncccc1C(=O)NCc1c(C)nn(C)c1C. The molecule has 1 amide bonds. The lowest BCUT2D eigenvalue weighted by Crippen LogP contribution is -2.24. The molecule has 20 heavy (non-hydrogen) atoms. The van der Waals surface area contributed by atoms with Crippen LogP contribution in [-0.4, -0.2) is 27.7 Å². The molecular weight excluding hydrogens is 254 g/mol. The summed E-state index contributed by atoms with van der Waals surface area (Å²) in [5.41, 5.74) is 3.58. The Hall–Kier alpha value is -2.37. The molecule has 0 saturated heterocycles. The summed E-state index contributed by atoms with van der Waals surface area (Å²) in [6, 6.07) is 3.49. The molecule has 2 aromatic rings. The van der Waals surface area contributed by atoms with Crippen molar-refractivity contribution in [3.8, 4) is 0 Å². The van der Waals surface area contributed by atoms with Gasteiger partial charge < -0.3 is 10.6 Å². The summed E-state index contributed by atoms with van der Waals surface area (Å²) in [5, 5.41) is 10.2. The van der Waals surface area contributed by atoms with E-state index in [4.69, 9.17) is 0 Å². The molecule has 0 aliphatic rings. The standard InChI is InChI=1S/C14H19N5O/c1-9-12(10(2)19(4)18-9)8-17-14(20)11-6-5-7-16-13(11)15-3/h5-7H,8H2,1-4H3,(H,15,16)(H,17,20). The van der Waals surface area contributed by atoms with Crippen LogP contribution in [0.15, 0.2) is 18.3 Å². The smallest absolute Gasteiger partial charge is 0.255 e. The molecule has 2 rings (SSSR count). The molecule has 6 nitrogen and oxygen atoms in total. The van der Waals surface area contributed by atoms with Gasteiger partial charge in [0.25, 0.3) is 5.91 Å². The van der Waals surface area contributed by atoms with E-state index in [-0.39, 0.29) is 5.91 Å². The Balaban J connectivity index is 2.13. The first-order chi connectivity index (χ1) is 9.54. The van der Waals surface area contributed by atoms with Crippen LogP contribution in [0.4, 0.5) is 5.82 Å². The van der Waals surface area contributed by atoms with Gasteiger partial charge in [-0.1, -0.05) is 0 Å². The third-order valence-corrected chi connectivity index (χ3v) is 3.37. The van der Waals surface area contributed by atoms with Crippen molar-refractivity contribution in [3.63, 3.8) is 0 Å². The number of carbonyl (C=O) groups excluding carboxylic acids is 1. The van der Waals surface area contributed by atoms with Gasteiger partial charge in [-0.3, -0.25) is 9.48 Å². The van der Waals surface area contributed by atoms with Crippen LogP contribution in [0.25, 0.3) is 0 Å². The minimum atomic E-state index is -0.148. The molecule has 106 valence electrons. The number of aryl methyl sites for hydroxylation is 2. The topological polar surface area (TPSA) is 71.8 Å². The van der Waals surface area contributed by atoms with E-state index in [0.29, 0.717) is 17.9 Å². The zero-order chi connectivity index (χ0) is 14.7. The lowest BCUT2D eigenvalue weighted by molar-refractivity contribution is 0.0951. The molecule has 6 heteroatoms. The van der Waals surface area contributed by atoms with Crippen LogP contribution in [0.1, 0.15) is 27.3 Å². The molecule has 0 bridgehead atoms. The Kier molecular flexibility index (Phi) is 4.02. The molecule has 2 N–H and O–H groups in total. The van der Waals surface area contributed by atoms with Crippen LogP contribution in [0.2, 0.25) is 0 Å².